The molecule has 248 valence electrons. The second kappa shape index (κ2) is 12.5. The molecule has 1 N–H and O–H groups in total. The molecule has 1 fully saturated rings. The highest BCUT2D eigenvalue weighted by Gasteiger charge is 2.46. The predicted octanol–water partition coefficient (Wildman–Crippen LogP) is 11.1. The highest BCUT2D eigenvalue weighted by molar-refractivity contribution is 6.04. The first-order valence-electron chi connectivity index (χ1n) is 19.0. The van der Waals surface area contributed by atoms with E-state index in [1.54, 1.807) is 5.57 Å². The zero-order valence-corrected chi connectivity index (χ0v) is 28.7. The van der Waals surface area contributed by atoms with Crippen molar-refractivity contribution in [2.24, 2.45) is 5.92 Å². The van der Waals surface area contributed by atoms with Crippen LogP contribution >= 0.6 is 0 Å². The first kappa shape index (κ1) is 30.0. The van der Waals surface area contributed by atoms with Gasteiger partial charge in [-0.25, -0.2) is 0 Å². The van der Waals surface area contributed by atoms with Crippen LogP contribution in [0.2, 0.25) is 0 Å². The molecule has 0 bridgehead atoms. The molecule has 50 heavy (non-hydrogen) atoms. The lowest BCUT2D eigenvalue weighted by Crippen LogP contribution is -2.54. The third-order valence-electron chi connectivity index (χ3n) is 12.2. The molecule has 3 heterocycles. The predicted molar refractivity (Wildman–Crippen MR) is 210 cm³/mol. The third-order valence-corrected chi connectivity index (χ3v) is 12.2. The lowest BCUT2D eigenvalue weighted by molar-refractivity contribution is 0.253. The van der Waals surface area contributed by atoms with E-state index in [0.29, 0.717) is 12.0 Å². The summed E-state index contributed by atoms with van der Waals surface area (Å²) in [5.74, 6) is 0.816. The normalized spacial score (nSPS) is 26.7. The molecule has 6 aliphatic rings. The number of para-hydroxylation sites is 1. The lowest BCUT2D eigenvalue weighted by atomic mass is 9.78. The fourth-order valence-corrected chi connectivity index (χ4v) is 10.0. The first-order valence-corrected chi connectivity index (χ1v) is 19.0. The maximum atomic E-state index is 4.22. The van der Waals surface area contributed by atoms with Gasteiger partial charge in [-0.15, -0.1) is 0 Å². The molecule has 3 nitrogen and oxygen atoms in total. The van der Waals surface area contributed by atoms with Crippen molar-refractivity contribution in [3.63, 3.8) is 0 Å². The fourth-order valence-electron chi connectivity index (χ4n) is 10.0. The van der Waals surface area contributed by atoms with E-state index in [9.17, 15) is 0 Å². The summed E-state index contributed by atoms with van der Waals surface area (Å²) in [5, 5.41) is 5.63. The van der Waals surface area contributed by atoms with E-state index >= 15 is 0 Å². The Labute approximate surface area is 296 Å². The maximum absolute atomic E-state index is 4.22. The summed E-state index contributed by atoms with van der Waals surface area (Å²) in [6.07, 6.45) is 35.4. The summed E-state index contributed by atoms with van der Waals surface area (Å²) in [6.45, 7) is 0. The van der Waals surface area contributed by atoms with Crippen molar-refractivity contribution in [3.8, 4) is 0 Å². The number of aromatic nitrogens is 1. The van der Waals surface area contributed by atoms with Gasteiger partial charge in [-0.3, -0.25) is 5.32 Å². The van der Waals surface area contributed by atoms with Crippen LogP contribution in [0.3, 0.4) is 0 Å². The third kappa shape index (κ3) is 4.89. The van der Waals surface area contributed by atoms with E-state index in [4.69, 9.17) is 0 Å². The molecule has 3 aromatic carbocycles. The van der Waals surface area contributed by atoms with Gasteiger partial charge in [-0.05, 0) is 97.8 Å². The molecule has 0 saturated carbocycles. The summed E-state index contributed by atoms with van der Waals surface area (Å²) in [6, 6.07) is 28.1. The number of nitrogens with one attached hydrogen (secondary N) is 1. The van der Waals surface area contributed by atoms with E-state index in [-0.39, 0.29) is 18.1 Å². The van der Waals surface area contributed by atoms with Crippen LogP contribution in [-0.2, 0) is 6.42 Å². The van der Waals surface area contributed by atoms with Crippen molar-refractivity contribution < 1.29 is 0 Å². The average molecular weight is 652 g/mol. The lowest BCUT2D eigenvalue weighted by Gasteiger charge is -2.45. The molecule has 4 aliphatic carbocycles. The quantitative estimate of drug-likeness (QED) is 0.232. The maximum Gasteiger partial charge on any atom is 0.0813 e. The van der Waals surface area contributed by atoms with Crippen molar-refractivity contribution >= 4 is 33.9 Å². The van der Waals surface area contributed by atoms with Crippen molar-refractivity contribution in [2.45, 2.75) is 75.5 Å². The summed E-state index contributed by atoms with van der Waals surface area (Å²) < 4.78 is 2.57. The van der Waals surface area contributed by atoms with Crippen molar-refractivity contribution in [1.29, 1.82) is 0 Å². The summed E-state index contributed by atoms with van der Waals surface area (Å²) in [7, 11) is 0. The van der Waals surface area contributed by atoms with Crippen LogP contribution in [0.15, 0.2) is 139 Å². The van der Waals surface area contributed by atoms with Crippen LogP contribution in [0.4, 0.5) is 5.69 Å². The van der Waals surface area contributed by atoms with Crippen LogP contribution in [0.1, 0.15) is 84.9 Å². The molecule has 1 saturated heterocycles. The number of hydrogen-bond acceptors (Lipinski definition) is 2. The van der Waals surface area contributed by atoms with Crippen molar-refractivity contribution in [1.82, 2.24) is 9.88 Å². The molecule has 10 rings (SSSR count). The minimum atomic E-state index is 0.225. The van der Waals surface area contributed by atoms with Gasteiger partial charge < -0.3 is 9.47 Å². The number of benzene rings is 3. The van der Waals surface area contributed by atoms with Gasteiger partial charge in [0.1, 0.15) is 0 Å². The molecule has 5 atom stereocenters. The van der Waals surface area contributed by atoms with E-state index in [1.807, 2.05) is 0 Å². The molecule has 0 spiro atoms. The number of hydrogen-bond donors (Lipinski definition) is 1. The fraction of sp³-hybridized carbons (Fsp3) is 0.277. The Morgan fingerprint density at radius 3 is 2.48 bits per heavy atom. The topological polar surface area (TPSA) is 20.2 Å². The van der Waals surface area contributed by atoms with E-state index in [0.717, 1.165) is 44.9 Å². The van der Waals surface area contributed by atoms with Crippen molar-refractivity contribution in [3.05, 3.63) is 167 Å². The molecule has 2 aliphatic heterocycles. The van der Waals surface area contributed by atoms with Gasteiger partial charge in [0, 0.05) is 40.0 Å². The van der Waals surface area contributed by atoms with Gasteiger partial charge in [-0.1, -0.05) is 127 Å². The number of allylic oxidation sites excluding steroid dienone is 11. The molecule has 4 aromatic rings. The standard InChI is InChI=1S/C47H45N3/c1-4-16-32(17-5-1)34-30-40(33-18-6-2-7-19-33)48-45(31-34)50-42-27-13-11-23-39(42)47-37(25-15-29-44(47)50)36-24-14-28-43-46(36)38-22-10-12-26-41(38)49(43)35-20-8-3-9-21-35/h1-2,4,6-8,10-11,13-16,18-25,27-29,34,40,44-45,47-48H,3,5,9,12,17,26,30-31H2. The van der Waals surface area contributed by atoms with E-state index in [1.165, 1.54) is 62.2 Å². The molecule has 3 heteroatoms. The highest BCUT2D eigenvalue weighted by atomic mass is 15.3. The summed E-state index contributed by atoms with van der Waals surface area (Å²) in [4.78, 5) is 2.77. The van der Waals surface area contributed by atoms with Gasteiger partial charge >= 0.3 is 0 Å². The van der Waals surface area contributed by atoms with E-state index < -0.39 is 0 Å². The Hall–Kier alpha value is -4.86. The first-order chi connectivity index (χ1) is 24.8. The molecule has 0 amide bonds. The Bertz CT molecular complexity index is 2180. The Morgan fingerprint density at radius 1 is 0.720 bits per heavy atom. The Morgan fingerprint density at radius 2 is 1.60 bits per heavy atom. The summed E-state index contributed by atoms with van der Waals surface area (Å²) >= 11 is 0. The van der Waals surface area contributed by atoms with Crippen molar-refractivity contribution in [2.75, 3.05) is 4.90 Å². The molecule has 1 aromatic heterocycles. The Kier molecular flexibility index (Phi) is 7.49. The second-order valence-corrected chi connectivity index (χ2v) is 14.9. The highest BCUT2D eigenvalue weighted by Crippen LogP contribution is 2.53. The second-order valence-electron chi connectivity index (χ2n) is 14.9. The zero-order valence-electron chi connectivity index (χ0n) is 28.7. The zero-order chi connectivity index (χ0) is 33.0. The number of piperidine rings is 1. The van der Waals surface area contributed by atoms with Gasteiger partial charge in [-0.2, -0.15) is 0 Å². The SMILES string of the molecule is C1=CCCC(C2CC(c3ccccc3)NC(N3c4ccccc4C4C(c5cccc6c5c5c(n6C6=CCCC=C6)CCC=C5)=CC=CC43)C2)=C1. The van der Waals surface area contributed by atoms with Gasteiger partial charge in [0.2, 0.25) is 0 Å². The van der Waals surface area contributed by atoms with Gasteiger partial charge in [0.15, 0.2) is 0 Å². The molecular weight excluding hydrogens is 607 g/mol. The van der Waals surface area contributed by atoms with Crippen LogP contribution in [-0.4, -0.2) is 16.8 Å². The van der Waals surface area contributed by atoms with Gasteiger partial charge in [0.25, 0.3) is 0 Å². The van der Waals surface area contributed by atoms with Crippen LogP contribution in [0.5, 0.6) is 0 Å². The molecular formula is C47H45N3. The van der Waals surface area contributed by atoms with Gasteiger partial charge in [0.05, 0.1) is 17.7 Å². The van der Waals surface area contributed by atoms with Crippen LogP contribution in [0.25, 0.3) is 28.2 Å². The van der Waals surface area contributed by atoms with Crippen LogP contribution in [0, 0.1) is 5.92 Å². The minimum absolute atomic E-state index is 0.225. The minimum Gasteiger partial charge on any atom is -0.348 e. The van der Waals surface area contributed by atoms with E-state index in [2.05, 4.69) is 154 Å². The van der Waals surface area contributed by atoms with Crippen LogP contribution < -0.4 is 10.2 Å². The molecule has 5 unspecified atom stereocenters. The number of rotatable bonds is 5. The summed E-state index contributed by atoms with van der Waals surface area (Å²) in [5.41, 5.74) is 14.2. The Balaban J connectivity index is 1.08. The largest absolute Gasteiger partial charge is 0.348 e. The number of fused-ring (bicyclic) bond motifs is 6. The number of anilines is 1. The average Bonchev–Trinajstić information content (AvgIpc) is 3.72. The smallest absolute Gasteiger partial charge is 0.0813 e. The monoisotopic (exact) mass is 651 g/mol. The molecule has 0 radical (unpaired) electrons. The number of nitrogens with zero attached hydrogens (tertiary/aromatic N) is 2.